The first-order chi connectivity index (χ1) is 11.6. The molecule has 0 radical (unpaired) electrons. The summed E-state index contributed by atoms with van der Waals surface area (Å²) in [6, 6.07) is 17.7. The number of rotatable bonds is 5. The van der Waals surface area contributed by atoms with E-state index in [9.17, 15) is 10.1 Å². The number of piperazine rings is 1. The van der Waals surface area contributed by atoms with Crippen LogP contribution in [-0.4, -0.2) is 40.9 Å². The van der Waals surface area contributed by atoms with Crippen LogP contribution in [0.2, 0.25) is 0 Å². The smallest absolute Gasteiger partial charge is 0.269 e. The summed E-state index contributed by atoms with van der Waals surface area (Å²) in [5, 5.41) is 11.0. The molecule has 5 heteroatoms. The molecule has 0 amide bonds. The predicted octanol–water partition coefficient (Wildman–Crippen LogP) is 3.47. The fourth-order valence-corrected chi connectivity index (χ4v) is 3.26. The molecule has 1 aliphatic rings. The molecule has 1 aliphatic heterocycles. The number of hydrogen-bond donors (Lipinski definition) is 0. The van der Waals surface area contributed by atoms with Gasteiger partial charge in [-0.15, -0.1) is 0 Å². The third-order valence-corrected chi connectivity index (χ3v) is 4.77. The molecule has 0 saturated carbocycles. The van der Waals surface area contributed by atoms with Crippen LogP contribution in [-0.2, 0) is 6.54 Å². The van der Waals surface area contributed by atoms with Crippen molar-refractivity contribution >= 4 is 5.69 Å². The van der Waals surface area contributed by atoms with E-state index >= 15 is 0 Å². The number of non-ortho nitro benzene ring substituents is 1. The molecule has 0 aromatic heterocycles. The molecule has 2 aromatic carbocycles. The monoisotopic (exact) mass is 325 g/mol. The topological polar surface area (TPSA) is 49.6 Å². The van der Waals surface area contributed by atoms with Gasteiger partial charge in [0.15, 0.2) is 0 Å². The van der Waals surface area contributed by atoms with Crippen LogP contribution in [0.1, 0.15) is 24.1 Å². The summed E-state index contributed by atoms with van der Waals surface area (Å²) in [7, 11) is 0. The summed E-state index contributed by atoms with van der Waals surface area (Å²) >= 11 is 0. The van der Waals surface area contributed by atoms with Gasteiger partial charge in [-0.2, -0.15) is 0 Å². The highest BCUT2D eigenvalue weighted by molar-refractivity contribution is 5.35. The van der Waals surface area contributed by atoms with Crippen molar-refractivity contribution in [3.63, 3.8) is 0 Å². The van der Waals surface area contributed by atoms with Crippen LogP contribution in [0.3, 0.4) is 0 Å². The molecule has 1 heterocycles. The summed E-state index contributed by atoms with van der Waals surface area (Å²) in [6.45, 7) is 7.13. The third kappa shape index (κ3) is 3.99. The Balaban J connectivity index is 1.58. The Bertz CT molecular complexity index is 682. The van der Waals surface area contributed by atoms with Crippen LogP contribution >= 0.6 is 0 Å². The zero-order valence-corrected chi connectivity index (χ0v) is 14.0. The van der Waals surface area contributed by atoms with Gasteiger partial charge in [0.2, 0.25) is 0 Å². The molecular weight excluding hydrogens is 302 g/mol. The molecule has 0 spiro atoms. The maximum absolute atomic E-state index is 11.0. The van der Waals surface area contributed by atoms with Crippen molar-refractivity contribution in [1.29, 1.82) is 0 Å². The number of hydrogen-bond acceptors (Lipinski definition) is 4. The van der Waals surface area contributed by atoms with Gasteiger partial charge in [-0.05, 0) is 18.1 Å². The highest BCUT2D eigenvalue weighted by atomic mass is 16.6. The van der Waals surface area contributed by atoms with Gasteiger partial charge in [-0.25, -0.2) is 0 Å². The summed E-state index contributed by atoms with van der Waals surface area (Å²) in [4.78, 5) is 15.5. The SMILES string of the molecule is C[C@H](c1cccc([N+](=O)[O-])c1)N1CCN(Cc2ccccc2)CC1. The van der Waals surface area contributed by atoms with Crippen molar-refractivity contribution in [2.24, 2.45) is 0 Å². The Morgan fingerprint density at radius 3 is 2.42 bits per heavy atom. The normalized spacial score (nSPS) is 17.5. The van der Waals surface area contributed by atoms with Crippen molar-refractivity contribution in [2.45, 2.75) is 19.5 Å². The second-order valence-electron chi connectivity index (χ2n) is 6.33. The van der Waals surface area contributed by atoms with E-state index in [1.807, 2.05) is 12.1 Å². The van der Waals surface area contributed by atoms with Gasteiger partial charge < -0.3 is 0 Å². The minimum atomic E-state index is -0.325. The van der Waals surface area contributed by atoms with E-state index in [-0.39, 0.29) is 16.7 Å². The summed E-state index contributed by atoms with van der Waals surface area (Å²) < 4.78 is 0. The molecular formula is C19H23N3O2. The van der Waals surface area contributed by atoms with Crippen LogP contribution in [0, 0.1) is 10.1 Å². The van der Waals surface area contributed by atoms with Crippen LogP contribution in [0.25, 0.3) is 0 Å². The van der Waals surface area contributed by atoms with Crippen LogP contribution in [0.5, 0.6) is 0 Å². The van der Waals surface area contributed by atoms with E-state index in [1.165, 1.54) is 5.56 Å². The standard InChI is InChI=1S/C19H23N3O2/c1-16(18-8-5-9-19(14-18)22(23)24)21-12-10-20(11-13-21)15-17-6-3-2-4-7-17/h2-9,14,16H,10-13,15H2,1H3/t16-/m1/s1. The highest BCUT2D eigenvalue weighted by Gasteiger charge is 2.23. The van der Waals surface area contributed by atoms with Crippen molar-refractivity contribution in [1.82, 2.24) is 9.80 Å². The average molecular weight is 325 g/mol. The minimum absolute atomic E-state index is 0.169. The lowest BCUT2D eigenvalue weighted by Crippen LogP contribution is -2.46. The number of nitrogens with zero attached hydrogens (tertiary/aromatic N) is 3. The maximum atomic E-state index is 11.0. The molecule has 3 rings (SSSR count). The molecule has 5 nitrogen and oxygen atoms in total. The molecule has 1 fully saturated rings. The Hall–Kier alpha value is -2.24. The van der Waals surface area contributed by atoms with Crippen LogP contribution < -0.4 is 0 Å². The lowest BCUT2D eigenvalue weighted by molar-refractivity contribution is -0.385. The Morgan fingerprint density at radius 2 is 1.75 bits per heavy atom. The van der Waals surface area contributed by atoms with Crippen molar-refractivity contribution in [3.05, 3.63) is 75.8 Å². The summed E-state index contributed by atoms with van der Waals surface area (Å²) in [6.07, 6.45) is 0. The lowest BCUT2D eigenvalue weighted by atomic mass is 10.1. The fraction of sp³-hybridized carbons (Fsp3) is 0.368. The Morgan fingerprint density at radius 1 is 1.04 bits per heavy atom. The van der Waals surface area contributed by atoms with Crippen LogP contribution in [0.4, 0.5) is 5.69 Å². The lowest BCUT2D eigenvalue weighted by Gasteiger charge is -2.38. The van der Waals surface area contributed by atoms with E-state index in [2.05, 4.69) is 41.0 Å². The number of nitro benzene ring substituents is 1. The largest absolute Gasteiger partial charge is 0.297 e. The molecule has 1 saturated heterocycles. The van der Waals surface area contributed by atoms with E-state index in [0.29, 0.717) is 0 Å². The van der Waals surface area contributed by atoms with Gasteiger partial charge in [-0.3, -0.25) is 19.9 Å². The van der Waals surface area contributed by atoms with E-state index in [0.717, 1.165) is 38.3 Å². The quantitative estimate of drug-likeness (QED) is 0.624. The van der Waals surface area contributed by atoms with Gasteiger partial charge in [0.05, 0.1) is 4.92 Å². The second-order valence-corrected chi connectivity index (χ2v) is 6.33. The molecule has 0 aliphatic carbocycles. The second kappa shape index (κ2) is 7.55. The van der Waals surface area contributed by atoms with Gasteiger partial charge in [0.1, 0.15) is 0 Å². The Labute approximate surface area is 142 Å². The predicted molar refractivity (Wildman–Crippen MR) is 94.8 cm³/mol. The minimum Gasteiger partial charge on any atom is -0.297 e. The highest BCUT2D eigenvalue weighted by Crippen LogP contribution is 2.25. The van der Waals surface area contributed by atoms with Gasteiger partial charge >= 0.3 is 0 Å². The van der Waals surface area contributed by atoms with Crippen LogP contribution in [0.15, 0.2) is 54.6 Å². The van der Waals surface area contributed by atoms with Crippen molar-refractivity contribution < 1.29 is 4.92 Å². The molecule has 126 valence electrons. The maximum Gasteiger partial charge on any atom is 0.269 e. The summed E-state index contributed by atoms with van der Waals surface area (Å²) in [5.74, 6) is 0. The zero-order chi connectivity index (χ0) is 16.9. The van der Waals surface area contributed by atoms with Gasteiger partial charge in [0.25, 0.3) is 5.69 Å². The molecule has 24 heavy (non-hydrogen) atoms. The van der Waals surface area contributed by atoms with E-state index in [1.54, 1.807) is 18.2 Å². The first-order valence-electron chi connectivity index (χ1n) is 8.38. The average Bonchev–Trinajstić information content (AvgIpc) is 2.63. The first-order valence-corrected chi connectivity index (χ1v) is 8.38. The first kappa shape index (κ1) is 16.6. The van der Waals surface area contributed by atoms with Gasteiger partial charge in [-0.1, -0.05) is 42.5 Å². The van der Waals surface area contributed by atoms with Gasteiger partial charge in [0, 0.05) is 50.9 Å². The summed E-state index contributed by atoms with van der Waals surface area (Å²) in [5.41, 5.74) is 2.53. The molecule has 2 aromatic rings. The number of nitro groups is 1. The number of benzene rings is 2. The molecule has 0 N–H and O–H groups in total. The molecule has 0 bridgehead atoms. The fourth-order valence-electron chi connectivity index (χ4n) is 3.26. The third-order valence-electron chi connectivity index (χ3n) is 4.77. The van der Waals surface area contributed by atoms with Crippen molar-refractivity contribution in [3.8, 4) is 0 Å². The van der Waals surface area contributed by atoms with Crippen molar-refractivity contribution in [2.75, 3.05) is 26.2 Å². The Kier molecular flexibility index (Phi) is 5.23. The van der Waals surface area contributed by atoms with E-state index in [4.69, 9.17) is 0 Å². The van der Waals surface area contributed by atoms with E-state index < -0.39 is 0 Å². The zero-order valence-electron chi connectivity index (χ0n) is 14.0. The molecule has 1 atom stereocenters. The molecule has 0 unspecified atom stereocenters.